The van der Waals surface area contributed by atoms with Crippen LogP contribution in [0.5, 0.6) is 11.5 Å². The summed E-state index contributed by atoms with van der Waals surface area (Å²) in [5.41, 5.74) is 1.78. The fourth-order valence-corrected chi connectivity index (χ4v) is 3.38. The number of carboxylic acids is 1. The number of aliphatic carboxylic acids is 1. The van der Waals surface area contributed by atoms with E-state index in [0.717, 1.165) is 5.56 Å². The lowest BCUT2D eigenvalue weighted by Gasteiger charge is -2.22. The van der Waals surface area contributed by atoms with Crippen molar-refractivity contribution in [1.29, 1.82) is 0 Å². The van der Waals surface area contributed by atoms with Crippen molar-refractivity contribution in [2.45, 2.75) is 24.9 Å². The second-order valence-corrected chi connectivity index (χ2v) is 7.71. The lowest BCUT2D eigenvalue weighted by Crippen LogP contribution is -2.53. The first-order chi connectivity index (χ1) is 16.4. The third-order valence-electron chi connectivity index (χ3n) is 5.25. The van der Waals surface area contributed by atoms with E-state index >= 15 is 0 Å². The first kappa shape index (κ1) is 24.3. The van der Waals surface area contributed by atoms with Crippen LogP contribution in [0.3, 0.4) is 0 Å². The Kier molecular flexibility index (Phi) is 8.23. The van der Waals surface area contributed by atoms with E-state index in [2.05, 4.69) is 10.6 Å². The van der Waals surface area contributed by atoms with Gasteiger partial charge in [-0.2, -0.15) is 0 Å². The van der Waals surface area contributed by atoms with Crippen molar-refractivity contribution in [1.82, 2.24) is 10.6 Å². The van der Waals surface area contributed by atoms with Crippen LogP contribution in [0.4, 0.5) is 0 Å². The highest BCUT2D eigenvalue weighted by atomic mass is 16.5. The van der Waals surface area contributed by atoms with Gasteiger partial charge in [-0.05, 0) is 47.5 Å². The Labute approximate surface area is 197 Å². The standard InChI is InChI=1S/C26H26N2O6/c1-34-21-13-9-19(10-14-21)24(30)27-22(15-17-5-3-2-4-6-17)25(31)28-23(26(32)33)16-18-7-11-20(29)12-8-18/h2-14,22-23,29H,15-16H2,1H3,(H,27,30)(H,28,31)(H,32,33). The number of methoxy groups -OCH3 is 1. The molecule has 2 amide bonds. The zero-order valence-corrected chi connectivity index (χ0v) is 18.6. The number of benzene rings is 3. The Morgan fingerprint density at radius 2 is 1.38 bits per heavy atom. The summed E-state index contributed by atoms with van der Waals surface area (Å²) in [5, 5.41) is 24.3. The lowest BCUT2D eigenvalue weighted by molar-refractivity contribution is -0.142. The van der Waals surface area contributed by atoms with Crippen molar-refractivity contribution < 1.29 is 29.3 Å². The van der Waals surface area contributed by atoms with E-state index in [4.69, 9.17) is 4.74 Å². The fourth-order valence-electron chi connectivity index (χ4n) is 3.38. The highest BCUT2D eigenvalue weighted by Gasteiger charge is 2.27. The van der Waals surface area contributed by atoms with E-state index in [1.807, 2.05) is 30.3 Å². The predicted octanol–water partition coefficient (Wildman–Crippen LogP) is 2.55. The number of carbonyl (C=O) groups excluding carboxylic acids is 2. The van der Waals surface area contributed by atoms with E-state index < -0.39 is 29.9 Å². The van der Waals surface area contributed by atoms with Crippen LogP contribution in [0, 0.1) is 0 Å². The highest BCUT2D eigenvalue weighted by Crippen LogP contribution is 2.14. The Morgan fingerprint density at radius 1 is 0.794 bits per heavy atom. The van der Waals surface area contributed by atoms with Gasteiger partial charge < -0.3 is 25.6 Å². The molecule has 4 N–H and O–H groups in total. The smallest absolute Gasteiger partial charge is 0.326 e. The Hall–Kier alpha value is -4.33. The van der Waals surface area contributed by atoms with Crippen LogP contribution in [-0.4, -0.2) is 47.2 Å². The minimum Gasteiger partial charge on any atom is -0.508 e. The molecule has 2 atom stereocenters. The molecule has 0 saturated carbocycles. The van der Waals surface area contributed by atoms with Crippen LogP contribution in [0.15, 0.2) is 78.9 Å². The van der Waals surface area contributed by atoms with E-state index in [0.29, 0.717) is 16.9 Å². The summed E-state index contributed by atoms with van der Waals surface area (Å²) >= 11 is 0. The van der Waals surface area contributed by atoms with Gasteiger partial charge in [0.05, 0.1) is 7.11 Å². The van der Waals surface area contributed by atoms with Gasteiger partial charge in [-0.15, -0.1) is 0 Å². The summed E-state index contributed by atoms with van der Waals surface area (Å²) in [6.45, 7) is 0. The third-order valence-corrected chi connectivity index (χ3v) is 5.25. The molecule has 2 unspecified atom stereocenters. The van der Waals surface area contributed by atoms with E-state index in [-0.39, 0.29) is 18.6 Å². The van der Waals surface area contributed by atoms with Crippen LogP contribution in [-0.2, 0) is 22.4 Å². The second-order valence-electron chi connectivity index (χ2n) is 7.71. The largest absolute Gasteiger partial charge is 0.508 e. The zero-order valence-electron chi connectivity index (χ0n) is 18.6. The number of nitrogens with one attached hydrogen (secondary N) is 2. The van der Waals surface area contributed by atoms with Gasteiger partial charge in [-0.25, -0.2) is 4.79 Å². The number of rotatable bonds is 10. The zero-order chi connectivity index (χ0) is 24.5. The van der Waals surface area contributed by atoms with Crippen LogP contribution in [0.1, 0.15) is 21.5 Å². The van der Waals surface area contributed by atoms with Crippen LogP contribution in [0.25, 0.3) is 0 Å². The van der Waals surface area contributed by atoms with Gasteiger partial charge in [0.1, 0.15) is 23.6 Å². The molecule has 0 fully saturated rings. The number of phenols is 1. The number of hydrogen-bond acceptors (Lipinski definition) is 5. The molecule has 0 aliphatic carbocycles. The molecular formula is C26H26N2O6. The number of carboxylic acid groups (broad SMARTS) is 1. The Balaban J connectivity index is 1.77. The number of aromatic hydroxyl groups is 1. The van der Waals surface area contributed by atoms with E-state index in [9.17, 15) is 24.6 Å². The molecule has 0 aliphatic heterocycles. The molecule has 8 heteroatoms. The molecule has 0 aromatic heterocycles. The third kappa shape index (κ3) is 6.83. The number of hydrogen-bond donors (Lipinski definition) is 4. The minimum atomic E-state index is -1.21. The minimum absolute atomic E-state index is 0.0197. The van der Waals surface area contributed by atoms with E-state index in [1.54, 1.807) is 36.4 Å². The normalized spacial score (nSPS) is 12.3. The molecular weight excluding hydrogens is 436 g/mol. The van der Waals surface area contributed by atoms with Gasteiger partial charge in [0.25, 0.3) is 5.91 Å². The average Bonchev–Trinajstić information content (AvgIpc) is 2.85. The van der Waals surface area contributed by atoms with Crippen molar-refractivity contribution in [2.75, 3.05) is 7.11 Å². The van der Waals surface area contributed by atoms with E-state index in [1.165, 1.54) is 19.2 Å². The second kappa shape index (κ2) is 11.5. The molecule has 8 nitrogen and oxygen atoms in total. The van der Waals surface area contributed by atoms with Crippen molar-refractivity contribution in [3.05, 3.63) is 95.6 Å². The van der Waals surface area contributed by atoms with Crippen molar-refractivity contribution in [3.63, 3.8) is 0 Å². The summed E-state index contributed by atoms with van der Waals surface area (Å²) < 4.78 is 5.10. The number of amides is 2. The fraction of sp³-hybridized carbons (Fsp3) is 0.192. The number of carbonyl (C=O) groups is 3. The van der Waals surface area contributed by atoms with Gasteiger partial charge in [0.15, 0.2) is 0 Å². The summed E-state index contributed by atoms with van der Waals surface area (Å²) in [6, 6.07) is 19.4. The highest BCUT2D eigenvalue weighted by molar-refractivity contribution is 5.98. The number of phenolic OH excluding ortho intramolecular Hbond substituents is 1. The predicted molar refractivity (Wildman–Crippen MR) is 126 cm³/mol. The SMILES string of the molecule is COc1ccc(C(=O)NC(Cc2ccccc2)C(=O)NC(Cc2ccc(O)cc2)C(=O)O)cc1. The summed E-state index contributed by atoms with van der Waals surface area (Å²) in [6.07, 6.45) is 0.200. The number of ether oxygens (including phenoxy) is 1. The maximum atomic E-state index is 13.1. The van der Waals surface area contributed by atoms with Gasteiger partial charge in [-0.3, -0.25) is 9.59 Å². The van der Waals surface area contributed by atoms with Crippen LogP contribution < -0.4 is 15.4 Å². The van der Waals surface area contributed by atoms with Crippen molar-refractivity contribution in [3.8, 4) is 11.5 Å². The summed E-state index contributed by atoms with van der Waals surface area (Å²) in [4.78, 5) is 37.8. The first-order valence-corrected chi connectivity index (χ1v) is 10.7. The average molecular weight is 463 g/mol. The molecule has 0 saturated heterocycles. The van der Waals surface area contributed by atoms with Gasteiger partial charge >= 0.3 is 5.97 Å². The quantitative estimate of drug-likeness (QED) is 0.367. The topological polar surface area (TPSA) is 125 Å². The van der Waals surface area contributed by atoms with Gasteiger partial charge in [0.2, 0.25) is 5.91 Å². The monoisotopic (exact) mass is 462 g/mol. The molecule has 0 heterocycles. The maximum absolute atomic E-state index is 13.1. The first-order valence-electron chi connectivity index (χ1n) is 10.7. The molecule has 34 heavy (non-hydrogen) atoms. The van der Waals surface area contributed by atoms with Crippen molar-refractivity contribution >= 4 is 17.8 Å². The van der Waals surface area contributed by atoms with Gasteiger partial charge in [-0.1, -0.05) is 42.5 Å². The molecule has 176 valence electrons. The summed E-state index contributed by atoms with van der Waals surface area (Å²) in [7, 11) is 1.52. The molecule has 3 aromatic carbocycles. The van der Waals surface area contributed by atoms with Crippen molar-refractivity contribution in [2.24, 2.45) is 0 Å². The Bertz CT molecular complexity index is 1110. The molecule has 0 bridgehead atoms. The molecule has 3 rings (SSSR count). The van der Waals surface area contributed by atoms with Crippen LogP contribution in [0.2, 0.25) is 0 Å². The molecule has 3 aromatic rings. The molecule has 0 radical (unpaired) electrons. The molecule has 0 aliphatic rings. The lowest BCUT2D eigenvalue weighted by atomic mass is 10.0. The summed E-state index contributed by atoms with van der Waals surface area (Å²) in [5.74, 6) is -1.64. The van der Waals surface area contributed by atoms with Gasteiger partial charge in [0, 0.05) is 18.4 Å². The van der Waals surface area contributed by atoms with Crippen LogP contribution >= 0.6 is 0 Å². The Morgan fingerprint density at radius 3 is 1.97 bits per heavy atom. The molecule has 0 spiro atoms. The maximum Gasteiger partial charge on any atom is 0.326 e.